The Morgan fingerprint density at radius 3 is 2.83 bits per heavy atom. The molecule has 2 aromatic rings. The van der Waals surface area contributed by atoms with Gasteiger partial charge < -0.3 is 5.32 Å². The molecule has 1 aromatic carbocycles. The Morgan fingerprint density at radius 1 is 1.28 bits per heavy atom. The number of hydrogen-bond acceptors (Lipinski definition) is 4. The van der Waals surface area contributed by atoms with Crippen LogP contribution < -0.4 is 5.32 Å². The highest BCUT2D eigenvalue weighted by Crippen LogP contribution is 2.25. The standard InChI is InChI=1S/C13H16FN3S/c1-9-6-10(8-11(14)7-9)13-17-16-12(18-13)4-3-5-15-2/h6-8,15H,3-5H2,1-2H3. The quantitative estimate of drug-likeness (QED) is 0.845. The fraction of sp³-hybridized carbons (Fsp3) is 0.385. The van der Waals surface area contributed by atoms with E-state index >= 15 is 0 Å². The molecule has 0 spiro atoms. The molecule has 0 radical (unpaired) electrons. The fourth-order valence-electron chi connectivity index (χ4n) is 1.75. The topological polar surface area (TPSA) is 37.8 Å². The second kappa shape index (κ2) is 6.02. The molecule has 0 aliphatic rings. The molecule has 1 aromatic heterocycles. The zero-order valence-corrected chi connectivity index (χ0v) is 11.4. The van der Waals surface area contributed by atoms with Gasteiger partial charge in [0.1, 0.15) is 15.8 Å². The number of nitrogens with one attached hydrogen (secondary N) is 1. The van der Waals surface area contributed by atoms with Gasteiger partial charge >= 0.3 is 0 Å². The number of hydrogen-bond donors (Lipinski definition) is 1. The van der Waals surface area contributed by atoms with Gasteiger partial charge in [-0.05, 0) is 50.7 Å². The number of rotatable bonds is 5. The van der Waals surface area contributed by atoms with Gasteiger partial charge in [-0.2, -0.15) is 0 Å². The van der Waals surface area contributed by atoms with Crippen LogP contribution in [-0.4, -0.2) is 23.8 Å². The maximum Gasteiger partial charge on any atom is 0.147 e. The fourth-order valence-corrected chi connectivity index (χ4v) is 2.62. The summed E-state index contributed by atoms with van der Waals surface area (Å²) in [5.74, 6) is -0.225. The lowest BCUT2D eigenvalue weighted by Crippen LogP contribution is -2.08. The highest BCUT2D eigenvalue weighted by atomic mass is 32.1. The largest absolute Gasteiger partial charge is 0.320 e. The third kappa shape index (κ3) is 3.34. The van der Waals surface area contributed by atoms with E-state index in [1.807, 2.05) is 20.0 Å². The number of aromatic nitrogens is 2. The third-order valence-corrected chi connectivity index (χ3v) is 3.61. The molecule has 0 unspecified atom stereocenters. The van der Waals surface area contributed by atoms with E-state index in [9.17, 15) is 4.39 Å². The Hall–Kier alpha value is -1.33. The molecular formula is C13H16FN3S. The maximum absolute atomic E-state index is 13.3. The van der Waals surface area contributed by atoms with Crippen molar-refractivity contribution in [3.8, 4) is 10.6 Å². The molecule has 1 heterocycles. The first-order chi connectivity index (χ1) is 8.69. The maximum atomic E-state index is 13.3. The van der Waals surface area contributed by atoms with Crippen LogP contribution in [0.2, 0.25) is 0 Å². The van der Waals surface area contributed by atoms with Gasteiger partial charge in [-0.1, -0.05) is 11.3 Å². The summed E-state index contributed by atoms with van der Waals surface area (Å²) in [6, 6.07) is 4.95. The summed E-state index contributed by atoms with van der Waals surface area (Å²) >= 11 is 1.54. The van der Waals surface area contributed by atoms with Gasteiger partial charge in [-0.15, -0.1) is 10.2 Å². The molecule has 2 rings (SSSR count). The lowest BCUT2D eigenvalue weighted by atomic mass is 10.1. The monoisotopic (exact) mass is 265 g/mol. The summed E-state index contributed by atoms with van der Waals surface area (Å²) in [7, 11) is 1.93. The van der Waals surface area contributed by atoms with Crippen molar-refractivity contribution in [3.05, 3.63) is 34.6 Å². The van der Waals surface area contributed by atoms with Crippen LogP contribution in [0.5, 0.6) is 0 Å². The smallest absolute Gasteiger partial charge is 0.147 e. The third-order valence-electron chi connectivity index (χ3n) is 2.57. The van der Waals surface area contributed by atoms with Crippen molar-refractivity contribution in [2.75, 3.05) is 13.6 Å². The minimum Gasteiger partial charge on any atom is -0.320 e. The van der Waals surface area contributed by atoms with Crippen LogP contribution in [0.15, 0.2) is 18.2 Å². The van der Waals surface area contributed by atoms with Crippen LogP contribution in [0.1, 0.15) is 17.0 Å². The van der Waals surface area contributed by atoms with Crippen molar-refractivity contribution in [3.63, 3.8) is 0 Å². The normalized spacial score (nSPS) is 10.8. The number of benzene rings is 1. The molecule has 0 fully saturated rings. The van der Waals surface area contributed by atoms with E-state index in [1.54, 1.807) is 0 Å². The summed E-state index contributed by atoms with van der Waals surface area (Å²) in [5.41, 5.74) is 1.71. The molecule has 0 aliphatic heterocycles. The molecule has 0 saturated carbocycles. The minimum atomic E-state index is -0.225. The number of nitrogens with zero attached hydrogens (tertiary/aromatic N) is 2. The van der Waals surface area contributed by atoms with Gasteiger partial charge in [0.2, 0.25) is 0 Å². The molecule has 0 bridgehead atoms. The van der Waals surface area contributed by atoms with Crippen LogP contribution in [0.3, 0.4) is 0 Å². The Balaban J connectivity index is 2.13. The molecule has 18 heavy (non-hydrogen) atoms. The molecule has 0 saturated heterocycles. The van der Waals surface area contributed by atoms with Gasteiger partial charge in [-0.3, -0.25) is 0 Å². The van der Waals surface area contributed by atoms with E-state index in [0.717, 1.165) is 40.5 Å². The van der Waals surface area contributed by atoms with Crippen LogP contribution in [0, 0.1) is 12.7 Å². The molecule has 5 heteroatoms. The van der Waals surface area contributed by atoms with Crippen molar-refractivity contribution < 1.29 is 4.39 Å². The zero-order valence-electron chi connectivity index (χ0n) is 10.5. The SMILES string of the molecule is CNCCCc1nnc(-c2cc(C)cc(F)c2)s1. The van der Waals surface area contributed by atoms with E-state index in [0.29, 0.717) is 0 Å². The number of halogens is 1. The summed E-state index contributed by atoms with van der Waals surface area (Å²) in [6.45, 7) is 2.84. The van der Waals surface area contributed by atoms with E-state index in [4.69, 9.17) is 0 Å². The average molecular weight is 265 g/mol. The second-order valence-electron chi connectivity index (χ2n) is 4.23. The highest BCUT2D eigenvalue weighted by molar-refractivity contribution is 7.14. The summed E-state index contributed by atoms with van der Waals surface area (Å²) < 4.78 is 13.3. The first-order valence-corrected chi connectivity index (χ1v) is 6.75. The van der Waals surface area contributed by atoms with Crippen molar-refractivity contribution in [2.24, 2.45) is 0 Å². The van der Waals surface area contributed by atoms with Gasteiger partial charge in [0.15, 0.2) is 0 Å². The lowest BCUT2D eigenvalue weighted by molar-refractivity contribution is 0.627. The highest BCUT2D eigenvalue weighted by Gasteiger charge is 2.08. The van der Waals surface area contributed by atoms with Crippen LogP contribution in [0.4, 0.5) is 4.39 Å². The van der Waals surface area contributed by atoms with Crippen molar-refractivity contribution in [1.29, 1.82) is 0 Å². The van der Waals surface area contributed by atoms with Crippen LogP contribution in [0.25, 0.3) is 10.6 Å². The van der Waals surface area contributed by atoms with Gasteiger partial charge in [-0.25, -0.2) is 4.39 Å². The lowest BCUT2D eigenvalue weighted by Gasteiger charge is -1.98. The molecule has 96 valence electrons. The van der Waals surface area contributed by atoms with Crippen LogP contribution >= 0.6 is 11.3 Å². The summed E-state index contributed by atoms with van der Waals surface area (Å²) in [4.78, 5) is 0. The van der Waals surface area contributed by atoms with E-state index < -0.39 is 0 Å². The molecule has 0 aliphatic carbocycles. The summed E-state index contributed by atoms with van der Waals surface area (Å²) in [5, 5.41) is 13.2. The molecule has 3 nitrogen and oxygen atoms in total. The minimum absolute atomic E-state index is 0.225. The van der Waals surface area contributed by atoms with Crippen molar-refractivity contribution in [2.45, 2.75) is 19.8 Å². The van der Waals surface area contributed by atoms with Crippen molar-refractivity contribution >= 4 is 11.3 Å². The molecular weight excluding hydrogens is 249 g/mol. The zero-order chi connectivity index (χ0) is 13.0. The van der Waals surface area contributed by atoms with E-state index in [1.165, 1.54) is 23.5 Å². The first-order valence-electron chi connectivity index (χ1n) is 5.93. The van der Waals surface area contributed by atoms with E-state index in [-0.39, 0.29) is 5.82 Å². The van der Waals surface area contributed by atoms with Gasteiger partial charge in [0, 0.05) is 12.0 Å². The van der Waals surface area contributed by atoms with Crippen LogP contribution in [-0.2, 0) is 6.42 Å². The van der Waals surface area contributed by atoms with E-state index in [2.05, 4.69) is 15.5 Å². The Morgan fingerprint density at radius 2 is 2.11 bits per heavy atom. The second-order valence-corrected chi connectivity index (χ2v) is 5.29. The van der Waals surface area contributed by atoms with Crippen molar-refractivity contribution in [1.82, 2.24) is 15.5 Å². The Labute approximate surface area is 110 Å². The van der Waals surface area contributed by atoms with Gasteiger partial charge in [0.25, 0.3) is 0 Å². The average Bonchev–Trinajstić information content (AvgIpc) is 2.77. The molecule has 0 amide bonds. The molecule has 0 atom stereocenters. The summed E-state index contributed by atoms with van der Waals surface area (Å²) in [6.07, 6.45) is 1.94. The Kier molecular flexibility index (Phi) is 4.38. The molecule has 1 N–H and O–H groups in total. The number of aryl methyl sites for hydroxylation is 2. The predicted molar refractivity (Wildman–Crippen MR) is 72.3 cm³/mol. The Bertz CT molecular complexity index is 504. The predicted octanol–water partition coefficient (Wildman–Crippen LogP) is 2.80. The first kappa shape index (κ1) is 13.1. The van der Waals surface area contributed by atoms with Gasteiger partial charge in [0.05, 0.1) is 0 Å².